The Bertz CT molecular complexity index is 967. The van der Waals surface area contributed by atoms with Crippen LogP contribution in [0.25, 0.3) is 0 Å². The number of para-hydroxylation sites is 1. The van der Waals surface area contributed by atoms with Crippen molar-refractivity contribution in [2.75, 3.05) is 44.8 Å². The van der Waals surface area contributed by atoms with Gasteiger partial charge in [0.25, 0.3) is 5.91 Å². The molecule has 1 aliphatic rings. The van der Waals surface area contributed by atoms with Gasteiger partial charge in [0.15, 0.2) is 6.61 Å². The molecule has 31 heavy (non-hydrogen) atoms. The van der Waals surface area contributed by atoms with Gasteiger partial charge >= 0.3 is 0 Å². The minimum atomic E-state index is -0.000932. The normalized spacial score (nSPS) is 13.6. The van der Waals surface area contributed by atoms with Crippen LogP contribution in [-0.2, 0) is 4.79 Å². The zero-order valence-electron chi connectivity index (χ0n) is 17.6. The topological polar surface area (TPSA) is 51.2 Å². The Morgan fingerprint density at radius 3 is 1.97 bits per heavy atom. The van der Waals surface area contributed by atoms with Crippen LogP contribution in [0.4, 0.5) is 5.69 Å². The van der Waals surface area contributed by atoms with Crippen LogP contribution in [-0.4, -0.2) is 50.7 Å². The standard InChI is InChI=1S/C25H26N2O4/c1-29-21-9-7-20(8-10-21)26-15-17-27(18-16-26)25(28)19-30-22-11-13-24(14-12-22)31-23-5-3-2-4-6-23/h2-14H,15-19H2,1H3. The van der Waals surface area contributed by atoms with Gasteiger partial charge in [-0.25, -0.2) is 0 Å². The van der Waals surface area contributed by atoms with Gasteiger partial charge in [-0.15, -0.1) is 0 Å². The number of amides is 1. The molecule has 3 aromatic carbocycles. The first-order valence-corrected chi connectivity index (χ1v) is 10.3. The van der Waals surface area contributed by atoms with Gasteiger partial charge in [-0.05, 0) is 60.7 Å². The van der Waals surface area contributed by atoms with E-state index < -0.39 is 0 Å². The third kappa shape index (κ3) is 5.48. The molecule has 0 saturated carbocycles. The van der Waals surface area contributed by atoms with Gasteiger partial charge < -0.3 is 24.0 Å². The molecule has 4 rings (SSSR count). The Hall–Kier alpha value is -3.67. The molecule has 3 aromatic rings. The predicted octanol–water partition coefficient (Wildman–Crippen LogP) is 4.22. The fourth-order valence-corrected chi connectivity index (χ4v) is 3.47. The lowest BCUT2D eigenvalue weighted by atomic mass is 10.2. The monoisotopic (exact) mass is 418 g/mol. The lowest BCUT2D eigenvalue weighted by Crippen LogP contribution is -2.50. The average molecular weight is 418 g/mol. The molecule has 6 heteroatoms. The van der Waals surface area contributed by atoms with Crippen LogP contribution in [0, 0.1) is 0 Å². The van der Waals surface area contributed by atoms with Crippen molar-refractivity contribution in [3.05, 3.63) is 78.9 Å². The zero-order chi connectivity index (χ0) is 21.5. The summed E-state index contributed by atoms with van der Waals surface area (Å²) in [5, 5.41) is 0. The molecule has 0 aliphatic carbocycles. The number of benzene rings is 3. The van der Waals surface area contributed by atoms with Gasteiger partial charge in [-0.2, -0.15) is 0 Å². The second-order valence-electron chi connectivity index (χ2n) is 7.24. The van der Waals surface area contributed by atoms with Gasteiger partial charge in [-0.3, -0.25) is 4.79 Å². The van der Waals surface area contributed by atoms with E-state index in [4.69, 9.17) is 14.2 Å². The summed E-state index contributed by atoms with van der Waals surface area (Å²) in [5.41, 5.74) is 1.14. The SMILES string of the molecule is COc1ccc(N2CCN(C(=O)COc3ccc(Oc4ccccc4)cc3)CC2)cc1. The Labute approximate surface area is 182 Å². The summed E-state index contributed by atoms with van der Waals surface area (Å²) in [7, 11) is 1.66. The minimum absolute atomic E-state index is 0.000932. The first kappa shape index (κ1) is 20.6. The molecule has 0 unspecified atom stereocenters. The summed E-state index contributed by atoms with van der Waals surface area (Å²) in [4.78, 5) is 16.7. The van der Waals surface area contributed by atoms with E-state index >= 15 is 0 Å². The second kappa shape index (κ2) is 9.89. The van der Waals surface area contributed by atoms with Crippen molar-refractivity contribution >= 4 is 11.6 Å². The van der Waals surface area contributed by atoms with Gasteiger partial charge in [-0.1, -0.05) is 18.2 Å². The smallest absolute Gasteiger partial charge is 0.260 e. The van der Waals surface area contributed by atoms with E-state index in [9.17, 15) is 4.79 Å². The van der Waals surface area contributed by atoms with Crippen molar-refractivity contribution in [1.29, 1.82) is 0 Å². The lowest BCUT2D eigenvalue weighted by Gasteiger charge is -2.36. The second-order valence-corrected chi connectivity index (χ2v) is 7.24. The highest BCUT2D eigenvalue weighted by atomic mass is 16.5. The highest BCUT2D eigenvalue weighted by Crippen LogP contribution is 2.24. The van der Waals surface area contributed by atoms with Gasteiger partial charge in [0.2, 0.25) is 0 Å². The molecule has 0 spiro atoms. The molecular formula is C25H26N2O4. The molecule has 0 aromatic heterocycles. The quantitative estimate of drug-likeness (QED) is 0.575. The third-order valence-corrected chi connectivity index (χ3v) is 5.23. The van der Waals surface area contributed by atoms with Crippen LogP contribution in [0.2, 0.25) is 0 Å². The molecule has 0 bridgehead atoms. The first-order chi connectivity index (χ1) is 15.2. The maximum absolute atomic E-state index is 12.5. The Balaban J connectivity index is 1.23. The number of nitrogens with zero attached hydrogens (tertiary/aromatic N) is 2. The summed E-state index contributed by atoms with van der Waals surface area (Å²) in [6, 6.07) is 24.9. The van der Waals surface area contributed by atoms with Crippen LogP contribution < -0.4 is 19.1 Å². The van der Waals surface area contributed by atoms with Crippen LogP contribution in [0.1, 0.15) is 0 Å². The molecule has 0 atom stereocenters. The number of ether oxygens (including phenoxy) is 3. The number of carbonyl (C=O) groups excluding carboxylic acids is 1. The number of carbonyl (C=O) groups is 1. The van der Waals surface area contributed by atoms with E-state index in [0.29, 0.717) is 18.8 Å². The number of piperazine rings is 1. The molecule has 1 heterocycles. The van der Waals surface area contributed by atoms with Gasteiger partial charge in [0.1, 0.15) is 23.0 Å². The third-order valence-electron chi connectivity index (χ3n) is 5.23. The number of rotatable bonds is 7. The first-order valence-electron chi connectivity index (χ1n) is 10.3. The molecular weight excluding hydrogens is 392 g/mol. The van der Waals surface area contributed by atoms with E-state index in [2.05, 4.69) is 4.90 Å². The maximum atomic E-state index is 12.5. The summed E-state index contributed by atoms with van der Waals surface area (Å²) in [6.07, 6.45) is 0. The van der Waals surface area contributed by atoms with Gasteiger partial charge in [0, 0.05) is 31.9 Å². The van der Waals surface area contributed by atoms with Crippen molar-refractivity contribution < 1.29 is 19.0 Å². The Morgan fingerprint density at radius 1 is 0.742 bits per heavy atom. The van der Waals surface area contributed by atoms with Crippen molar-refractivity contribution in [1.82, 2.24) is 4.90 Å². The van der Waals surface area contributed by atoms with Crippen LogP contribution in [0.3, 0.4) is 0 Å². The maximum Gasteiger partial charge on any atom is 0.260 e. The van der Waals surface area contributed by atoms with Crippen molar-refractivity contribution in [2.24, 2.45) is 0 Å². The van der Waals surface area contributed by atoms with E-state index in [1.165, 1.54) is 0 Å². The van der Waals surface area contributed by atoms with Crippen molar-refractivity contribution in [3.8, 4) is 23.0 Å². The van der Waals surface area contributed by atoms with Crippen LogP contribution >= 0.6 is 0 Å². The van der Waals surface area contributed by atoms with Crippen LogP contribution in [0.15, 0.2) is 78.9 Å². The zero-order valence-corrected chi connectivity index (χ0v) is 17.6. The Morgan fingerprint density at radius 2 is 1.32 bits per heavy atom. The van der Waals surface area contributed by atoms with Gasteiger partial charge in [0.05, 0.1) is 7.11 Å². The molecule has 160 valence electrons. The molecule has 1 saturated heterocycles. The summed E-state index contributed by atoms with van der Waals surface area (Å²) < 4.78 is 16.7. The molecule has 1 aliphatic heterocycles. The number of methoxy groups -OCH3 is 1. The largest absolute Gasteiger partial charge is 0.497 e. The summed E-state index contributed by atoms with van der Waals surface area (Å²) >= 11 is 0. The van der Waals surface area contributed by atoms with Crippen molar-refractivity contribution in [2.45, 2.75) is 0 Å². The number of anilines is 1. The number of hydrogen-bond acceptors (Lipinski definition) is 5. The average Bonchev–Trinajstić information content (AvgIpc) is 2.84. The fraction of sp³-hybridized carbons (Fsp3) is 0.240. The van der Waals surface area contributed by atoms with E-state index in [1.807, 2.05) is 83.8 Å². The minimum Gasteiger partial charge on any atom is -0.497 e. The molecule has 6 nitrogen and oxygen atoms in total. The van der Waals surface area contributed by atoms with E-state index in [1.54, 1.807) is 7.11 Å². The molecule has 0 N–H and O–H groups in total. The fourth-order valence-electron chi connectivity index (χ4n) is 3.47. The highest BCUT2D eigenvalue weighted by Gasteiger charge is 2.21. The van der Waals surface area contributed by atoms with E-state index in [0.717, 1.165) is 36.0 Å². The lowest BCUT2D eigenvalue weighted by molar-refractivity contribution is -0.133. The highest BCUT2D eigenvalue weighted by molar-refractivity contribution is 5.78. The summed E-state index contributed by atoms with van der Waals surface area (Å²) in [5.74, 6) is 2.98. The summed E-state index contributed by atoms with van der Waals surface area (Å²) in [6.45, 7) is 2.98. The van der Waals surface area contributed by atoms with Crippen LogP contribution in [0.5, 0.6) is 23.0 Å². The predicted molar refractivity (Wildman–Crippen MR) is 120 cm³/mol. The molecule has 1 fully saturated rings. The number of hydrogen-bond donors (Lipinski definition) is 0. The van der Waals surface area contributed by atoms with E-state index in [-0.39, 0.29) is 12.5 Å². The Kier molecular flexibility index (Phi) is 6.57. The van der Waals surface area contributed by atoms with Crippen molar-refractivity contribution in [3.63, 3.8) is 0 Å². The molecule has 0 radical (unpaired) electrons. The molecule has 1 amide bonds.